The molecule has 0 amide bonds. The predicted molar refractivity (Wildman–Crippen MR) is 125 cm³/mol. The van der Waals surface area contributed by atoms with Crippen LogP contribution in [0.2, 0.25) is 5.02 Å². The number of aromatic nitrogens is 3. The fourth-order valence-corrected chi connectivity index (χ4v) is 3.96. The smallest absolute Gasteiger partial charge is 0.402 e. The van der Waals surface area contributed by atoms with Crippen LogP contribution in [0.25, 0.3) is 10.9 Å². The predicted octanol–water partition coefficient (Wildman–Crippen LogP) is 5.23. The van der Waals surface area contributed by atoms with Crippen LogP contribution in [0, 0.1) is 11.1 Å². The van der Waals surface area contributed by atoms with E-state index in [-0.39, 0.29) is 18.4 Å². The number of benzene rings is 2. The number of nitrogens with one attached hydrogen (secondary N) is 1. The summed E-state index contributed by atoms with van der Waals surface area (Å²) in [6.45, 7) is 4.31. The van der Waals surface area contributed by atoms with Crippen LogP contribution in [0.15, 0.2) is 54.7 Å². The van der Waals surface area contributed by atoms with E-state index in [4.69, 9.17) is 26.1 Å². The van der Waals surface area contributed by atoms with Gasteiger partial charge in [0, 0.05) is 40.5 Å². The van der Waals surface area contributed by atoms with Crippen LogP contribution in [-0.2, 0) is 19.4 Å². The molecule has 0 aliphatic carbocycles. The number of fused-ring (bicyclic) bond motifs is 1. The number of nitrogens with zero attached hydrogens (tertiary/aromatic N) is 2. The summed E-state index contributed by atoms with van der Waals surface area (Å²) in [4.78, 5) is 8.02. The first-order chi connectivity index (χ1) is 15.5. The van der Waals surface area contributed by atoms with E-state index in [9.17, 15) is 5.21 Å². The quantitative estimate of drug-likeness (QED) is 0.294. The SMILES string of the molecule is COc1c(Cc2c[nH]c3ccccc23)nc(OCc2ccccc2Cl)c(CC(C)C)[n+]1[O-]. The van der Waals surface area contributed by atoms with Gasteiger partial charge in [-0.2, -0.15) is 0 Å². The maximum absolute atomic E-state index is 13.3. The van der Waals surface area contributed by atoms with Crippen LogP contribution in [0.4, 0.5) is 0 Å². The van der Waals surface area contributed by atoms with Crippen molar-refractivity contribution in [2.75, 3.05) is 7.11 Å². The van der Waals surface area contributed by atoms with Crippen LogP contribution in [0.1, 0.15) is 36.4 Å². The first kappa shape index (κ1) is 22.0. The van der Waals surface area contributed by atoms with Crippen LogP contribution < -0.4 is 14.2 Å². The van der Waals surface area contributed by atoms with Gasteiger partial charge in [-0.3, -0.25) is 0 Å². The lowest BCUT2D eigenvalue weighted by atomic mass is 10.1. The van der Waals surface area contributed by atoms with Crippen molar-refractivity contribution in [3.8, 4) is 11.8 Å². The van der Waals surface area contributed by atoms with E-state index in [1.54, 1.807) is 0 Å². The third-order valence-electron chi connectivity index (χ3n) is 5.31. The molecule has 6 nitrogen and oxygen atoms in total. The van der Waals surface area contributed by atoms with E-state index in [0.717, 1.165) is 26.8 Å². The molecule has 0 aliphatic heterocycles. The highest BCUT2D eigenvalue weighted by atomic mass is 35.5. The third kappa shape index (κ3) is 4.50. The molecule has 2 aromatic carbocycles. The normalized spacial score (nSPS) is 11.3. The molecule has 0 bridgehead atoms. The maximum Gasteiger partial charge on any atom is 0.402 e. The lowest BCUT2D eigenvalue weighted by Gasteiger charge is -2.16. The highest BCUT2D eigenvalue weighted by Gasteiger charge is 2.27. The molecule has 0 fully saturated rings. The molecule has 0 saturated heterocycles. The highest BCUT2D eigenvalue weighted by molar-refractivity contribution is 6.31. The Hall–Kier alpha value is -3.25. The molecule has 1 N–H and O–H groups in total. The maximum atomic E-state index is 13.3. The van der Waals surface area contributed by atoms with Crippen LogP contribution in [0.3, 0.4) is 0 Å². The molecular weight excluding hydrogens is 426 g/mol. The van der Waals surface area contributed by atoms with Gasteiger partial charge in [0.25, 0.3) is 11.6 Å². The second-order valence-electron chi connectivity index (χ2n) is 8.13. The molecule has 0 unspecified atom stereocenters. The van der Waals surface area contributed by atoms with Crippen molar-refractivity contribution in [3.63, 3.8) is 0 Å². The number of para-hydroxylation sites is 1. The van der Waals surface area contributed by atoms with Crippen LogP contribution in [-0.4, -0.2) is 17.1 Å². The number of H-pyrrole nitrogens is 1. The van der Waals surface area contributed by atoms with E-state index in [1.807, 2.05) is 68.6 Å². The topological polar surface area (TPSA) is 74.1 Å². The molecule has 2 aromatic heterocycles. The molecule has 4 rings (SSSR count). The summed E-state index contributed by atoms with van der Waals surface area (Å²) in [5.74, 6) is 0.740. The van der Waals surface area contributed by atoms with Gasteiger partial charge < -0.3 is 19.7 Å². The minimum atomic E-state index is 0.191. The van der Waals surface area contributed by atoms with E-state index < -0.39 is 0 Å². The number of methoxy groups -OCH3 is 1. The molecule has 2 heterocycles. The van der Waals surface area contributed by atoms with Crippen molar-refractivity contribution in [2.24, 2.45) is 5.92 Å². The Morgan fingerprint density at radius 2 is 1.84 bits per heavy atom. The number of rotatable bonds is 8. The Balaban J connectivity index is 1.74. The fraction of sp³-hybridized carbons (Fsp3) is 0.280. The number of hydrogen-bond donors (Lipinski definition) is 1. The van der Waals surface area contributed by atoms with Crippen molar-refractivity contribution in [2.45, 2.75) is 33.3 Å². The second-order valence-corrected chi connectivity index (χ2v) is 8.54. The molecule has 7 heteroatoms. The molecule has 0 radical (unpaired) electrons. The summed E-state index contributed by atoms with van der Waals surface area (Å²) >= 11 is 6.28. The zero-order valence-corrected chi connectivity index (χ0v) is 19.1. The third-order valence-corrected chi connectivity index (χ3v) is 5.68. The largest absolute Gasteiger partial charge is 0.616 e. The van der Waals surface area contributed by atoms with Gasteiger partial charge in [-0.15, -0.1) is 4.73 Å². The summed E-state index contributed by atoms with van der Waals surface area (Å²) < 4.78 is 12.4. The van der Waals surface area contributed by atoms with E-state index in [1.165, 1.54) is 7.11 Å². The lowest BCUT2D eigenvalue weighted by Crippen LogP contribution is -2.37. The molecule has 0 saturated carbocycles. The molecule has 4 aromatic rings. The van der Waals surface area contributed by atoms with E-state index in [2.05, 4.69) is 4.98 Å². The first-order valence-electron chi connectivity index (χ1n) is 10.6. The van der Waals surface area contributed by atoms with Crippen LogP contribution >= 0.6 is 11.6 Å². The fourth-order valence-electron chi connectivity index (χ4n) is 3.77. The van der Waals surface area contributed by atoms with Gasteiger partial charge in [0.05, 0.1) is 7.11 Å². The molecular formula is C25H26ClN3O3. The van der Waals surface area contributed by atoms with Gasteiger partial charge in [-0.05, 0) is 23.6 Å². The Bertz CT molecular complexity index is 1240. The zero-order chi connectivity index (χ0) is 22.7. The first-order valence-corrected chi connectivity index (χ1v) is 11.0. The summed E-state index contributed by atoms with van der Waals surface area (Å²) in [5, 5.41) is 15.0. The molecule has 166 valence electrons. The summed E-state index contributed by atoms with van der Waals surface area (Å²) in [7, 11) is 1.49. The zero-order valence-electron chi connectivity index (χ0n) is 18.4. The van der Waals surface area contributed by atoms with Crippen molar-refractivity contribution in [3.05, 3.63) is 87.5 Å². The second kappa shape index (κ2) is 9.49. The van der Waals surface area contributed by atoms with Gasteiger partial charge in [0.2, 0.25) is 0 Å². The molecule has 0 aliphatic rings. The Labute approximate surface area is 192 Å². The average Bonchev–Trinajstić information content (AvgIpc) is 3.18. The Morgan fingerprint density at radius 3 is 2.59 bits per heavy atom. The standard InChI is InChI=1S/C25H26ClN3O3/c1-16(2)12-23-24(32-15-17-8-4-6-10-20(17)26)28-22(25(31-3)29(23)30)13-18-14-27-21-11-7-5-9-19(18)21/h4-11,14,16,27H,12-13,15H2,1-3H3. The molecule has 0 atom stereocenters. The Kier molecular flexibility index (Phi) is 6.51. The van der Waals surface area contributed by atoms with Crippen molar-refractivity contribution in [1.82, 2.24) is 9.97 Å². The summed E-state index contributed by atoms with van der Waals surface area (Å²) in [6, 6.07) is 15.5. The molecule has 32 heavy (non-hydrogen) atoms. The average molecular weight is 452 g/mol. The summed E-state index contributed by atoms with van der Waals surface area (Å²) in [5.41, 5.74) is 3.86. The number of aromatic amines is 1. The number of ether oxygens (including phenoxy) is 2. The van der Waals surface area contributed by atoms with Gasteiger partial charge in [-0.25, -0.2) is 4.98 Å². The minimum absolute atomic E-state index is 0.191. The van der Waals surface area contributed by atoms with Gasteiger partial charge in [-0.1, -0.05) is 61.8 Å². The van der Waals surface area contributed by atoms with Gasteiger partial charge in [0.1, 0.15) is 6.61 Å². The molecule has 0 spiro atoms. The monoisotopic (exact) mass is 451 g/mol. The van der Waals surface area contributed by atoms with Gasteiger partial charge in [0.15, 0.2) is 5.69 Å². The highest BCUT2D eigenvalue weighted by Crippen LogP contribution is 2.28. The van der Waals surface area contributed by atoms with E-state index in [0.29, 0.717) is 35.1 Å². The Morgan fingerprint density at radius 1 is 1.09 bits per heavy atom. The summed E-state index contributed by atoms with van der Waals surface area (Å²) in [6.07, 6.45) is 2.88. The van der Waals surface area contributed by atoms with E-state index >= 15 is 0 Å². The van der Waals surface area contributed by atoms with Crippen molar-refractivity contribution < 1.29 is 14.2 Å². The number of hydrogen-bond acceptors (Lipinski definition) is 4. The van der Waals surface area contributed by atoms with Crippen LogP contribution in [0.5, 0.6) is 11.8 Å². The number of halogens is 1. The van der Waals surface area contributed by atoms with Crippen molar-refractivity contribution >= 4 is 22.5 Å². The minimum Gasteiger partial charge on any atom is -0.616 e. The van der Waals surface area contributed by atoms with Crippen molar-refractivity contribution in [1.29, 1.82) is 0 Å². The lowest BCUT2D eigenvalue weighted by molar-refractivity contribution is -0.622. The van der Waals surface area contributed by atoms with Gasteiger partial charge >= 0.3 is 5.88 Å².